The quantitative estimate of drug-likeness (QED) is 0.274. The van der Waals surface area contributed by atoms with Crippen LogP contribution in [0.3, 0.4) is 0 Å². The highest BCUT2D eigenvalue weighted by Crippen LogP contribution is 2.26. The van der Waals surface area contributed by atoms with Gasteiger partial charge in [-0.25, -0.2) is 8.42 Å². The van der Waals surface area contributed by atoms with Gasteiger partial charge in [0.2, 0.25) is 0 Å². The van der Waals surface area contributed by atoms with Crippen molar-refractivity contribution < 1.29 is 13.2 Å². The lowest BCUT2D eigenvalue weighted by Gasteiger charge is -2.17. The Hall–Kier alpha value is -4.21. The van der Waals surface area contributed by atoms with Gasteiger partial charge in [-0.15, -0.1) is 0 Å². The number of nitrogens with one attached hydrogen (secondary N) is 2. The number of sulfonamides is 1. The van der Waals surface area contributed by atoms with Crippen molar-refractivity contribution in [2.45, 2.75) is 24.4 Å². The number of thiazole rings is 1. The zero-order chi connectivity index (χ0) is 26.7. The highest BCUT2D eigenvalue weighted by molar-refractivity contribution is 7.92. The second-order valence-electron chi connectivity index (χ2n) is 8.83. The molecule has 0 unspecified atom stereocenters. The van der Waals surface area contributed by atoms with E-state index in [-0.39, 0.29) is 27.1 Å². The molecule has 5 rings (SSSR count). The average Bonchev–Trinajstić information content (AvgIpc) is 3.23. The van der Waals surface area contributed by atoms with Crippen LogP contribution in [0, 0.1) is 0 Å². The van der Waals surface area contributed by atoms with Crippen molar-refractivity contribution in [1.82, 2.24) is 9.88 Å². The van der Waals surface area contributed by atoms with E-state index in [1.54, 1.807) is 34.9 Å². The average molecular weight is 544 g/mol. The summed E-state index contributed by atoms with van der Waals surface area (Å²) >= 11 is 0.998. The Morgan fingerprint density at radius 1 is 0.895 bits per heavy atom. The number of benzene rings is 4. The van der Waals surface area contributed by atoms with E-state index in [0.29, 0.717) is 16.8 Å². The minimum Gasteiger partial charge on any atom is -0.345 e. The number of amides is 1. The van der Waals surface area contributed by atoms with Crippen LogP contribution in [0.1, 0.15) is 34.5 Å². The van der Waals surface area contributed by atoms with Gasteiger partial charge in [-0.1, -0.05) is 84.1 Å². The van der Waals surface area contributed by atoms with Gasteiger partial charge in [0.05, 0.1) is 38.9 Å². The highest BCUT2D eigenvalue weighted by Gasteiger charge is 2.21. The van der Waals surface area contributed by atoms with Crippen molar-refractivity contribution in [2.75, 3.05) is 4.72 Å². The third-order valence-corrected chi connectivity index (χ3v) is 8.50. The molecule has 1 aromatic heterocycles. The van der Waals surface area contributed by atoms with Crippen LogP contribution in [0.2, 0.25) is 0 Å². The molecule has 9 heteroatoms. The first-order valence-electron chi connectivity index (χ1n) is 12.0. The lowest BCUT2D eigenvalue weighted by Crippen LogP contribution is -2.28. The molecule has 7 nitrogen and oxygen atoms in total. The van der Waals surface area contributed by atoms with Gasteiger partial charge in [-0.2, -0.15) is 0 Å². The van der Waals surface area contributed by atoms with Gasteiger partial charge >= 0.3 is 4.87 Å². The number of nitrogens with zero attached hydrogens (tertiary/aromatic N) is 1. The third-order valence-electron chi connectivity index (χ3n) is 6.20. The van der Waals surface area contributed by atoms with Crippen LogP contribution in [0.25, 0.3) is 10.2 Å². The predicted molar refractivity (Wildman–Crippen MR) is 151 cm³/mol. The molecule has 0 aliphatic rings. The van der Waals surface area contributed by atoms with E-state index in [0.717, 1.165) is 22.5 Å². The maximum Gasteiger partial charge on any atom is 0.308 e. The van der Waals surface area contributed by atoms with Gasteiger partial charge in [0.1, 0.15) is 0 Å². The van der Waals surface area contributed by atoms with E-state index in [4.69, 9.17) is 0 Å². The number of carbonyl (C=O) groups is 1. The number of fused-ring (bicyclic) bond motifs is 1. The molecule has 5 aromatic rings. The van der Waals surface area contributed by atoms with Crippen LogP contribution in [0.15, 0.2) is 113 Å². The van der Waals surface area contributed by atoms with Gasteiger partial charge in [0.25, 0.3) is 15.9 Å². The van der Waals surface area contributed by atoms with Gasteiger partial charge in [-0.05, 0) is 48.4 Å². The molecule has 0 aliphatic heterocycles. The molecule has 1 atom stereocenters. The smallest absolute Gasteiger partial charge is 0.308 e. The first-order valence-corrected chi connectivity index (χ1v) is 14.3. The summed E-state index contributed by atoms with van der Waals surface area (Å²) in [5.74, 6) is -0.397. The Balaban J connectivity index is 1.40. The van der Waals surface area contributed by atoms with E-state index in [1.165, 1.54) is 12.1 Å². The molecule has 38 heavy (non-hydrogen) atoms. The van der Waals surface area contributed by atoms with Crippen molar-refractivity contribution in [1.29, 1.82) is 0 Å². The molecule has 0 saturated carbocycles. The number of rotatable bonds is 8. The Morgan fingerprint density at radius 3 is 2.29 bits per heavy atom. The lowest BCUT2D eigenvalue weighted by atomic mass is 10.1. The minimum absolute atomic E-state index is 0.00553. The fraction of sp³-hybridized carbons (Fsp3) is 0.103. The molecular formula is C29H25N3O4S2. The fourth-order valence-electron chi connectivity index (χ4n) is 4.20. The molecule has 0 spiro atoms. The van der Waals surface area contributed by atoms with Crippen molar-refractivity contribution in [3.8, 4) is 0 Å². The Labute approximate surface area is 224 Å². The van der Waals surface area contributed by atoms with Crippen molar-refractivity contribution in [3.05, 3.63) is 129 Å². The molecule has 1 heterocycles. The summed E-state index contributed by atoms with van der Waals surface area (Å²) in [4.78, 5) is 25.6. The molecule has 0 radical (unpaired) electrons. The molecule has 0 bridgehead atoms. The summed E-state index contributed by atoms with van der Waals surface area (Å²) in [5, 5.41) is 2.92. The van der Waals surface area contributed by atoms with Gasteiger partial charge in [0.15, 0.2) is 0 Å². The Kier molecular flexibility index (Phi) is 7.13. The molecule has 0 fully saturated rings. The topological polar surface area (TPSA) is 97.3 Å². The molecule has 1 amide bonds. The van der Waals surface area contributed by atoms with Crippen molar-refractivity contribution in [3.63, 3.8) is 0 Å². The van der Waals surface area contributed by atoms with Crippen LogP contribution in [0.4, 0.5) is 5.69 Å². The number of hydrogen-bond donors (Lipinski definition) is 2. The largest absolute Gasteiger partial charge is 0.345 e. The summed E-state index contributed by atoms with van der Waals surface area (Å²) in [6, 6.07) is 29.9. The van der Waals surface area contributed by atoms with Crippen LogP contribution < -0.4 is 14.9 Å². The number of aromatic nitrogens is 1. The normalized spacial score (nSPS) is 12.2. The summed E-state index contributed by atoms with van der Waals surface area (Å²) in [5.41, 5.74) is 2.95. The van der Waals surface area contributed by atoms with Crippen molar-refractivity contribution >= 4 is 43.2 Å². The summed E-state index contributed by atoms with van der Waals surface area (Å²) in [6.07, 6.45) is 0. The molecule has 0 aliphatic carbocycles. The molecule has 192 valence electrons. The zero-order valence-electron chi connectivity index (χ0n) is 20.5. The predicted octanol–water partition coefficient (Wildman–Crippen LogP) is 5.40. The number of anilines is 1. The summed E-state index contributed by atoms with van der Waals surface area (Å²) in [6.45, 7) is 2.26. The molecule has 2 N–H and O–H groups in total. The van der Waals surface area contributed by atoms with Crippen LogP contribution in [-0.2, 0) is 16.6 Å². The van der Waals surface area contributed by atoms with E-state index in [9.17, 15) is 18.0 Å². The van der Waals surface area contributed by atoms with E-state index < -0.39 is 15.9 Å². The second-order valence-corrected chi connectivity index (χ2v) is 11.5. The zero-order valence-corrected chi connectivity index (χ0v) is 22.1. The maximum absolute atomic E-state index is 13.3. The van der Waals surface area contributed by atoms with Gasteiger partial charge in [-0.3, -0.25) is 18.9 Å². The van der Waals surface area contributed by atoms with Crippen LogP contribution in [0.5, 0.6) is 0 Å². The monoisotopic (exact) mass is 543 g/mol. The Bertz CT molecular complexity index is 1760. The van der Waals surface area contributed by atoms with Crippen molar-refractivity contribution in [2.24, 2.45) is 0 Å². The molecular weight excluding hydrogens is 518 g/mol. The second kappa shape index (κ2) is 10.6. The molecule has 4 aromatic carbocycles. The SMILES string of the molecule is C[C@H](NC(=O)c1ccccc1NS(=O)(=O)c1ccc2c(c1)sc(=O)n2Cc1ccccc1)c1ccccc1. The maximum atomic E-state index is 13.3. The van der Waals surface area contributed by atoms with Crippen LogP contribution in [-0.4, -0.2) is 18.9 Å². The summed E-state index contributed by atoms with van der Waals surface area (Å²) in [7, 11) is -4.04. The third kappa shape index (κ3) is 5.39. The standard InChI is InChI=1S/C29H25N3O4S2/c1-20(22-12-6-3-7-13-22)30-28(33)24-14-8-9-15-25(24)31-38(35,36)23-16-17-26-27(18-23)37-29(34)32(26)19-21-10-4-2-5-11-21/h2-18,20,31H,19H2,1H3,(H,30,33)/t20-/m0/s1. The first-order chi connectivity index (χ1) is 18.3. The molecule has 0 saturated heterocycles. The highest BCUT2D eigenvalue weighted by atomic mass is 32.2. The number of para-hydroxylation sites is 1. The lowest BCUT2D eigenvalue weighted by molar-refractivity contribution is 0.0941. The minimum atomic E-state index is -4.04. The van der Waals surface area contributed by atoms with Gasteiger partial charge in [0, 0.05) is 0 Å². The van der Waals surface area contributed by atoms with Crippen LogP contribution >= 0.6 is 11.3 Å². The fourth-order valence-corrected chi connectivity index (χ4v) is 6.31. The summed E-state index contributed by atoms with van der Waals surface area (Å²) < 4.78 is 31.4. The number of carbonyl (C=O) groups excluding carboxylic acids is 1. The Morgan fingerprint density at radius 2 is 1.55 bits per heavy atom. The van der Waals surface area contributed by atoms with E-state index in [1.807, 2.05) is 67.6 Å². The van der Waals surface area contributed by atoms with E-state index in [2.05, 4.69) is 10.0 Å². The van der Waals surface area contributed by atoms with Gasteiger partial charge < -0.3 is 5.32 Å². The number of hydrogen-bond acceptors (Lipinski definition) is 5. The van der Waals surface area contributed by atoms with E-state index >= 15 is 0 Å². The first kappa shape index (κ1) is 25.4.